The number of hydrogen-bond acceptors (Lipinski definition) is 6. The third-order valence-electron chi connectivity index (χ3n) is 5.34. The normalized spacial score (nSPS) is 15.3. The third-order valence-corrected chi connectivity index (χ3v) is 5.34. The van der Waals surface area contributed by atoms with Crippen molar-refractivity contribution in [2.45, 2.75) is 32.9 Å². The van der Waals surface area contributed by atoms with Crippen molar-refractivity contribution < 1.29 is 18.7 Å². The number of allylic oxidation sites excluding steroid dienone is 3. The van der Waals surface area contributed by atoms with Crippen LogP contribution in [0.25, 0.3) is 16.6 Å². The summed E-state index contributed by atoms with van der Waals surface area (Å²) in [7, 11) is 1.45. The average Bonchev–Trinajstić information content (AvgIpc) is 2.77. The van der Waals surface area contributed by atoms with Gasteiger partial charge in [0.15, 0.2) is 0 Å². The lowest BCUT2D eigenvalue weighted by Crippen LogP contribution is -2.50. The summed E-state index contributed by atoms with van der Waals surface area (Å²) < 4.78 is 26.0. The van der Waals surface area contributed by atoms with Crippen LogP contribution in [-0.4, -0.2) is 64.3 Å². The Labute approximate surface area is 198 Å². The fourth-order valence-electron chi connectivity index (χ4n) is 3.68. The van der Waals surface area contributed by atoms with E-state index in [1.165, 1.54) is 36.0 Å². The van der Waals surface area contributed by atoms with Crippen LogP contribution in [0.2, 0.25) is 0 Å². The van der Waals surface area contributed by atoms with Crippen LogP contribution >= 0.6 is 0 Å². The third kappa shape index (κ3) is 5.72. The highest BCUT2D eigenvalue weighted by atomic mass is 19.1. The molecule has 1 fully saturated rings. The quantitative estimate of drug-likeness (QED) is 0.473. The molecule has 0 atom stereocenters. The van der Waals surface area contributed by atoms with Crippen molar-refractivity contribution in [1.29, 1.82) is 0 Å². The van der Waals surface area contributed by atoms with Crippen molar-refractivity contribution in [2.75, 3.05) is 33.3 Å². The summed E-state index contributed by atoms with van der Waals surface area (Å²) in [4.78, 5) is 34.3. The number of carbonyl (C=O) groups is 1. The molecule has 1 aliphatic heterocycles. The van der Waals surface area contributed by atoms with Crippen LogP contribution in [0, 0.1) is 5.82 Å². The minimum absolute atomic E-state index is 0.150. The molecule has 8 nitrogen and oxygen atoms in total. The van der Waals surface area contributed by atoms with Gasteiger partial charge in [0.1, 0.15) is 23.0 Å². The zero-order chi connectivity index (χ0) is 25.0. The summed E-state index contributed by atoms with van der Waals surface area (Å²) in [6.07, 6.45) is 2.78. The first-order chi connectivity index (χ1) is 16.0. The summed E-state index contributed by atoms with van der Waals surface area (Å²) in [5, 5.41) is 0.150. The first-order valence-corrected chi connectivity index (χ1v) is 11.0. The summed E-state index contributed by atoms with van der Waals surface area (Å²) in [6, 6.07) is 3.94. The molecule has 0 unspecified atom stereocenters. The molecule has 1 saturated heterocycles. The van der Waals surface area contributed by atoms with E-state index in [1.54, 1.807) is 11.0 Å². The van der Waals surface area contributed by atoms with Gasteiger partial charge in [-0.1, -0.05) is 19.2 Å². The monoisotopic (exact) mass is 470 g/mol. The predicted octanol–water partition coefficient (Wildman–Crippen LogP) is 3.78. The number of rotatable bonds is 6. The molecule has 0 bridgehead atoms. The molecular weight excluding hydrogens is 439 g/mol. The molecule has 182 valence electrons. The topological polar surface area (TPSA) is 76.9 Å². The SMILES string of the molecule is C=C/C=C(\C(=C)OC)n1c(CN2CCN(C(=O)OC(C)(C)C)CC2)nc2ccc(F)cc2c1=O. The largest absolute Gasteiger partial charge is 0.495 e. The van der Waals surface area contributed by atoms with Gasteiger partial charge in [-0.15, -0.1) is 0 Å². The van der Waals surface area contributed by atoms with Crippen LogP contribution in [0.3, 0.4) is 0 Å². The Morgan fingerprint density at radius 2 is 1.91 bits per heavy atom. The Hall–Kier alpha value is -3.46. The van der Waals surface area contributed by atoms with Crippen LogP contribution < -0.4 is 5.56 Å². The molecule has 0 N–H and O–H groups in total. The predicted molar refractivity (Wildman–Crippen MR) is 130 cm³/mol. The molecule has 0 aliphatic carbocycles. The number of amides is 1. The highest BCUT2D eigenvalue weighted by Gasteiger charge is 2.27. The van der Waals surface area contributed by atoms with E-state index in [2.05, 4.69) is 23.0 Å². The number of piperazine rings is 1. The van der Waals surface area contributed by atoms with E-state index in [0.29, 0.717) is 49.8 Å². The number of ether oxygens (including phenoxy) is 2. The molecule has 0 spiro atoms. The van der Waals surface area contributed by atoms with E-state index in [-0.39, 0.29) is 17.2 Å². The van der Waals surface area contributed by atoms with Crippen LogP contribution in [-0.2, 0) is 16.0 Å². The second-order valence-corrected chi connectivity index (χ2v) is 8.99. The first kappa shape index (κ1) is 25.2. The fourth-order valence-corrected chi connectivity index (χ4v) is 3.68. The van der Waals surface area contributed by atoms with Gasteiger partial charge in [-0.25, -0.2) is 14.2 Å². The zero-order valence-corrected chi connectivity index (χ0v) is 20.1. The number of fused-ring (bicyclic) bond motifs is 1. The van der Waals surface area contributed by atoms with Crippen molar-refractivity contribution >= 4 is 22.7 Å². The van der Waals surface area contributed by atoms with E-state index in [0.717, 1.165) is 0 Å². The summed E-state index contributed by atoms with van der Waals surface area (Å²) in [5.74, 6) is 0.167. The van der Waals surface area contributed by atoms with Gasteiger partial charge in [-0.3, -0.25) is 14.3 Å². The van der Waals surface area contributed by atoms with Gasteiger partial charge >= 0.3 is 6.09 Å². The highest BCUT2D eigenvalue weighted by Crippen LogP contribution is 2.20. The van der Waals surface area contributed by atoms with Crippen molar-refractivity contribution in [3.05, 3.63) is 71.3 Å². The van der Waals surface area contributed by atoms with Crippen molar-refractivity contribution in [3.63, 3.8) is 0 Å². The van der Waals surface area contributed by atoms with Gasteiger partial charge in [-0.05, 0) is 45.0 Å². The van der Waals surface area contributed by atoms with Gasteiger partial charge in [-0.2, -0.15) is 0 Å². The number of carbonyl (C=O) groups excluding carboxylic acids is 1. The fraction of sp³-hybridized carbons (Fsp3) is 0.400. The molecule has 0 radical (unpaired) electrons. The molecule has 0 saturated carbocycles. The molecule has 1 aliphatic rings. The highest BCUT2D eigenvalue weighted by molar-refractivity contribution is 5.79. The number of halogens is 1. The van der Waals surface area contributed by atoms with Gasteiger partial charge in [0.2, 0.25) is 0 Å². The summed E-state index contributed by atoms with van der Waals surface area (Å²) in [6.45, 7) is 15.5. The Balaban J connectivity index is 1.94. The van der Waals surface area contributed by atoms with Crippen molar-refractivity contribution in [3.8, 4) is 0 Å². The van der Waals surface area contributed by atoms with Crippen molar-refractivity contribution in [2.24, 2.45) is 0 Å². The number of nitrogens with zero attached hydrogens (tertiary/aromatic N) is 4. The van der Waals surface area contributed by atoms with Crippen LogP contribution in [0.15, 0.2) is 54.1 Å². The second kappa shape index (κ2) is 10.2. The number of aromatic nitrogens is 2. The molecule has 1 aromatic heterocycles. The van der Waals surface area contributed by atoms with E-state index in [4.69, 9.17) is 9.47 Å². The number of benzene rings is 1. The minimum atomic E-state index is -0.559. The maximum atomic E-state index is 13.9. The van der Waals surface area contributed by atoms with Gasteiger partial charge < -0.3 is 14.4 Å². The number of hydrogen-bond donors (Lipinski definition) is 0. The maximum absolute atomic E-state index is 13.9. The Morgan fingerprint density at radius 1 is 1.24 bits per heavy atom. The van der Waals surface area contributed by atoms with E-state index >= 15 is 0 Å². The lowest BCUT2D eigenvalue weighted by molar-refractivity contribution is 0.0136. The summed E-state index contributed by atoms with van der Waals surface area (Å²) >= 11 is 0. The molecular formula is C25H31FN4O4. The average molecular weight is 471 g/mol. The molecule has 2 aromatic rings. The second-order valence-electron chi connectivity index (χ2n) is 8.99. The van der Waals surface area contributed by atoms with Crippen LogP contribution in [0.4, 0.5) is 9.18 Å². The maximum Gasteiger partial charge on any atom is 0.410 e. The lowest BCUT2D eigenvalue weighted by atomic mass is 10.2. The molecule has 2 heterocycles. The smallest absolute Gasteiger partial charge is 0.410 e. The van der Waals surface area contributed by atoms with Crippen LogP contribution in [0.1, 0.15) is 26.6 Å². The van der Waals surface area contributed by atoms with E-state index < -0.39 is 17.0 Å². The Kier molecular flexibility index (Phi) is 7.56. The molecule has 34 heavy (non-hydrogen) atoms. The van der Waals surface area contributed by atoms with E-state index in [1.807, 2.05) is 20.8 Å². The zero-order valence-electron chi connectivity index (χ0n) is 20.1. The van der Waals surface area contributed by atoms with Crippen molar-refractivity contribution in [1.82, 2.24) is 19.4 Å². The van der Waals surface area contributed by atoms with Gasteiger partial charge in [0.05, 0.1) is 30.3 Å². The number of methoxy groups -OCH3 is 1. The molecule has 1 amide bonds. The standard InChI is InChI=1S/C25H31FN4O4/c1-7-8-21(17(2)33-6)30-22(27-20-10-9-18(26)15-19(20)23(30)31)16-28-11-13-29(14-12-28)24(32)34-25(3,4)5/h7-10,15H,1-2,11-14,16H2,3-6H3/b21-8+. The van der Waals surface area contributed by atoms with E-state index in [9.17, 15) is 14.0 Å². The van der Waals surface area contributed by atoms with Crippen LogP contribution in [0.5, 0.6) is 0 Å². The first-order valence-electron chi connectivity index (χ1n) is 11.0. The minimum Gasteiger partial charge on any atom is -0.495 e. The summed E-state index contributed by atoms with van der Waals surface area (Å²) in [5.41, 5.74) is -0.232. The molecule has 1 aromatic carbocycles. The molecule has 3 rings (SSSR count). The molecule has 9 heteroatoms. The van der Waals surface area contributed by atoms with Gasteiger partial charge in [0, 0.05) is 26.2 Å². The lowest BCUT2D eigenvalue weighted by Gasteiger charge is -2.35. The Bertz CT molecular complexity index is 1190. The van der Waals surface area contributed by atoms with Gasteiger partial charge in [0.25, 0.3) is 5.56 Å². The Morgan fingerprint density at radius 3 is 2.50 bits per heavy atom.